The summed E-state index contributed by atoms with van der Waals surface area (Å²) in [4.78, 5) is 0. The fourth-order valence-electron chi connectivity index (χ4n) is 4.51. The van der Waals surface area contributed by atoms with Crippen LogP contribution in [0.5, 0.6) is 0 Å². The Morgan fingerprint density at radius 3 is 1.89 bits per heavy atom. The van der Waals surface area contributed by atoms with E-state index in [0.29, 0.717) is 23.7 Å². The maximum Gasteiger partial charge on any atom is 4.00 e. The van der Waals surface area contributed by atoms with Gasteiger partial charge in [0.15, 0.2) is 0 Å². The maximum absolute atomic E-state index is 2.57. The molecular formula is C24H25Cl3Ti. The van der Waals surface area contributed by atoms with Gasteiger partial charge in [-0.25, -0.2) is 0 Å². The predicted octanol–water partition coefficient (Wildman–Crippen LogP) is -2.97. The predicted molar refractivity (Wildman–Crippen MR) is 102 cm³/mol. The molecule has 2 aliphatic carbocycles. The van der Waals surface area contributed by atoms with E-state index in [-0.39, 0.29) is 58.9 Å². The van der Waals surface area contributed by atoms with E-state index in [1.807, 2.05) is 0 Å². The van der Waals surface area contributed by atoms with Crippen LogP contribution in [0.2, 0.25) is 0 Å². The number of benzene rings is 2. The van der Waals surface area contributed by atoms with Gasteiger partial charge in [-0.1, -0.05) is 84.0 Å². The van der Waals surface area contributed by atoms with Crippen molar-refractivity contribution in [3.05, 3.63) is 102 Å². The van der Waals surface area contributed by atoms with Crippen molar-refractivity contribution in [2.45, 2.75) is 26.2 Å². The van der Waals surface area contributed by atoms with Crippen LogP contribution in [0.3, 0.4) is 0 Å². The molecule has 146 valence electrons. The molecule has 3 unspecified atom stereocenters. The van der Waals surface area contributed by atoms with Gasteiger partial charge in [0.2, 0.25) is 0 Å². The normalized spacial score (nSPS) is 21.6. The van der Waals surface area contributed by atoms with Gasteiger partial charge in [0.25, 0.3) is 0 Å². The minimum Gasteiger partial charge on any atom is -1.00 e. The summed E-state index contributed by atoms with van der Waals surface area (Å²) in [7, 11) is 0. The van der Waals surface area contributed by atoms with Crippen LogP contribution in [-0.4, -0.2) is 0 Å². The number of hydrogen-bond donors (Lipinski definition) is 0. The summed E-state index contributed by atoms with van der Waals surface area (Å²) in [5.74, 6) is 2.31. The first-order valence-corrected chi connectivity index (χ1v) is 9.04. The minimum atomic E-state index is 0. The topological polar surface area (TPSA) is 0 Å². The van der Waals surface area contributed by atoms with Gasteiger partial charge in [0.05, 0.1) is 0 Å². The summed E-state index contributed by atoms with van der Waals surface area (Å²) >= 11 is 0. The van der Waals surface area contributed by atoms with Crippen molar-refractivity contribution in [1.82, 2.24) is 0 Å². The molecule has 2 aliphatic rings. The number of halogens is 3. The SMILES string of the molecule is Cc1cccc(C(c2cccc(C)c2)C2[CH-]CC3C=CC=CC32)c1.[Cl-].[Cl-].[Cl-].[Ti+4]. The number of allylic oxidation sites excluding steroid dienone is 4. The summed E-state index contributed by atoms with van der Waals surface area (Å²) in [6, 6.07) is 18.2. The molecule has 0 amide bonds. The van der Waals surface area contributed by atoms with Crippen LogP contribution >= 0.6 is 0 Å². The molecule has 0 nitrogen and oxygen atoms in total. The van der Waals surface area contributed by atoms with E-state index in [2.05, 4.69) is 93.1 Å². The molecule has 2 aromatic rings. The zero-order chi connectivity index (χ0) is 16.5. The summed E-state index contributed by atoms with van der Waals surface area (Å²) in [6.07, 6.45) is 13.0. The Morgan fingerprint density at radius 2 is 1.36 bits per heavy atom. The van der Waals surface area contributed by atoms with E-state index in [4.69, 9.17) is 0 Å². The third kappa shape index (κ3) is 5.77. The molecule has 2 aromatic carbocycles. The van der Waals surface area contributed by atoms with Crippen molar-refractivity contribution in [3.8, 4) is 0 Å². The van der Waals surface area contributed by atoms with Crippen molar-refractivity contribution in [1.29, 1.82) is 0 Å². The second-order valence-electron chi connectivity index (χ2n) is 7.37. The summed E-state index contributed by atoms with van der Waals surface area (Å²) in [5.41, 5.74) is 5.59. The van der Waals surface area contributed by atoms with Gasteiger partial charge < -0.3 is 43.6 Å². The number of rotatable bonds is 3. The smallest absolute Gasteiger partial charge is 1.00 e. The number of aryl methyl sites for hydroxylation is 2. The molecule has 0 heterocycles. The minimum absolute atomic E-state index is 0. The van der Waals surface area contributed by atoms with Crippen LogP contribution in [-0.2, 0) is 21.7 Å². The van der Waals surface area contributed by atoms with Gasteiger partial charge in [-0.3, -0.25) is 0 Å². The van der Waals surface area contributed by atoms with Crippen molar-refractivity contribution < 1.29 is 58.9 Å². The average molecular weight is 468 g/mol. The van der Waals surface area contributed by atoms with Gasteiger partial charge in [-0.05, 0) is 42.7 Å². The van der Waals surface area contributed by atoms with E-state index in [1.54, 1.807) is 0 Å². The van der Waals surface area contributed by atoms with Crippen LogP contribution in [0.1, 0.15) is 34.6 Å². The largest absolute Gasteiger partial charge is 4.00 e. The van der Waals surface area contributed by atoms with Gasteiger partial charge in [-0.2, -0.15) is 6.42 Å². The molecule has 0 radical (unpaired) electrons. The molecule has 3 atom stereocenters. The molecule has 0 N–H and O–H groups in total. The Balaban J connectivity index is 0.00000182. The molecule has 1 fully saturated rings. The second-order valence-corrected chi connectivity index (χ2v) is 7.37. The third-order valence-corrected chi connectivity index (χ3v) is 5.61. The van der Waals surface area contributed by atoms with Gasteiger partial charge in [0.1, 0.15) is 0 Å². The Hall–Kier alpha value is -0.496. The van der Waals surface area contributed by atoms with E-state index in [0.717, 1.165) is 0 Å². The van der Waals surface area contributed by atoms with Gasteiger partial charge in [0, 0.05) is 0 Å². The van der Waals surface area contributed by atoms with E-state index < -0.39 is 0 Å². The molecule has 28 heavy (non-hydrogen) atoms. The fraction of sp³-hybridized carbons (Fsp3) is 0.292. The van der Waals surface area contributed by atoms with Crippen LogP contribution in [0.25, 0.3) is 0 Å². The summed E-state index contributed by atoms with van der Waals surface area (Å²) in [6.45, 7) is 4.39. The molecular weight excluding hydrogens is 442 g/mol. The molecule has 4 heteroatoms. The Bertz CT molecular complexity index is 754. The Labute approximate surface area is 203 Å². The first-order chi connectivity index (χ1) is 11.7. The average Bonchev–Trinajstić information content (AvgIpc) is 2.99. The van der Waals surface area contributed by atoms with Crippen LogP contribution in [0.4, 0.5) is 0 Å². The van der Waals surface area contributed by atoms with Crippen molar-refractivity contribution >= 4 is 0 Å². The summed E-state index contributed by atoms with van der Waals surface area (Å²) in [5, 5.41) is 0. The van der Waals surface area contributed by atoms with Crippen molar-refractivity contribution in [3.63, 3.8) is 0 Å². The number of fused-ring (bicyclic) bond motifs is 1. The first kappa shape index (κ1) is 27.5. The second kappa shape index (κ2) is 12.3. The van der Waals surface area contributed by atoms with E-state index in [9.17, 15) is 0 Å². The molecule has 0 bridgehead atoms. The van der Waals surface area contributed by atoms with Gasteiger partial charge >= 0.3 is 21.7 Å². The van der Waals surface area contributed by atoms with E-state index in [1.165, 1.54) is 28.7 Å². The maximum atomic E-state index is 2.57. The Morgan fingerprint density at radius 1 is 0.821 bits per heavy atom. The fourth-order valence-corrected chi connectivity index (χ4v) is 4.51. The monoisotopic (exact) mass is 466 g/mol. The molecule has 0 saturated heterocycles. The van der Waals surface area contributed by atoms with Gasteiger partial charge in [-0.15, -0.1) is 5.92 Å². The zero-order valence-corrected chi connectivity index (χ0v) is 20.0. The van der Waals surface area contributed by atoms with Crippen molar-refractivity contribution in [2.75, 3.05) is 0 Å². The zero-order valence-electron chi connectivity index (χ0n) is 16.2. The van der Waals surface area contributed by atoms with Crippen LogP contribution in [0, 0.1) is 38.0 Å². The van der Waals surface area contributed by atoms with Crippen LogP contribution < -0.4 is 37.2 Å². The van der Waals surface area contributed by atoms with E-state index >= 15 is 0 Å². The molecule has 0 aromatic heterocycles. The Kier molecular flexibility index (Phi) is 12.0. The molecule has 0 aliphatic heterocycles. The first-order valence-electron chi connectivity index (χ1n) is 9.04. The third-order valence-electron chi connectivity index (χ3n) is 5.61. The quantitative estimate of drug-likeness (QED) is 0.334. The standard InChI is InChI=1S/C24H25.3ClH.Ti/c1-17-7-5-10-20(15-17)24(21-11-6-8-18(2)16-21)23-14-13-19-9-3-4-12-22(19)23;;;;/h3-12,14-16,19,22-24H,13H2,1-2H3;3*1H;/q-1;;;;+4/p-3. The molecule has 0 spiro atoms. The molecule has 1 saturated carbocycles. The van der Waals surface area contributed by atoms with Crippen molar-refractivity contribution in [2.24, 2.45) is 17.8 Å². The van der Waals surface area contributed by atoms with Crippen LogP contribution in [0.15, 0.2) is 72.8 Å². The summed E-state index contributed by atoms with van der Waals surface area (Å²) < 4.78 is 0. The number of hydrogen-bond acceptors (Lipinski definition) is 0. The molecule has 4 rings (SSSR count).